The first-order valence-electron chi connectivity index (χ1n) is 20.6. The summed E-state index contributed by atoms with van der Waals surface area (Å²) in [6.45, 7) is 0. The second kappa shape index (κ2) is 14.7. The average Bonchev–Trinajstić information content (AvgIpc) is 3.93. The molecule has 290 valence electrons. The third-order valence-corrected chi connectivity index (χ3v) is 11.6. The lowest BCUT2D eigenvalue weighted by molar-refractivity contribution is 0.653. The molecular formula is C56H34N4O2. The van der Waals surface area contributed by atoms with Crippen LogP contribution in [-0.2, 0) is 0 Å². The molecule has 0 saturated carbocycles. The van der Waals surface area contributed by atoms with E-state index in [0.29, 0.717) is 23.1 Å². The molecule has 0 atom stereocenters. The van der Waals surface area contributed by atoms with Crippen LogP contribution in [0, 0.1) is 0 Å². The van der Waals surface area contributed by atoms with Crippen LogP contribution >= 0.6 is 0 Å². The van der Waals surface area contributed by atoms with Crippen LogP contribution in [0.4, 0.5) is 0 Å². The Morgan fingerprint density at radius 1 is 0.258 bits per heavy atom. The summed E-state index contributed by atoms with van der Waals surface area (Å²) in [5.74, 6) is 1.07. The van der Waals surface area contributed by atoms with E-state index in [1.54, 1.807) is 0 Å². The van der Waals surface area contributed by atoms with Crippen LogP contribution in [-0.4, -0.2) is 19.9 Å². The van der Waals surface area contributed by atoms with E-state index in [1.165, 1.54) is 5.56 Å². The molecular weight excluding hydrogens is 761 g/mol. The Bertz CT molecular complexity index is 3630. The van der Waals surface area contributed by atoms with Crippen LogP contribution in [0.5, 0.6) is 0 Å². The molecule has 0 saturated heterocycles. The topological polar surface area (TPSA) is 77.8 Å². The second-order valence-corrected chi connectivity index (χ2v) is 15.4. The quantitative estimate of drug-likeness (QED) is 0.160. The molecule has 12 rings (SSSR count). The Kier molecular flexibility index (Phi) is 8.38. The van der Waals surface area contributed by atoms with Crippen molar-refractivity contribution in [3.05, 3.63) is 206 Å². The Balaban J connectivity index is 0.988. The van der Waals surface area contributed by atoms with E-state index in [9.17, 15) is 0 Å². The van der Waals surface area contributed by atoms with E-state index in [0.717, 1.165) is 94.2 Å². The molecule has 0 spiro atoms. The molecule has 0 radical (unpaired) electrons. The van der Waals surface area contributed by atoms with Gasteiger partial charge < -0.3 is 8.83 Å². The maximum absolute atomic E-state index is 6.46. The van der Waals surface area contributed by atoms with Crippen LogP contribution in [0.25, 0.3) is 123 Å². The number of fused-ring (bicyclic) bond motifs is 6. The Labute approximate surface area is 356 Å². The zero-order valence-electron chi connectivity index (χ0n) is 33.2. The molecule has 0 N–H and O–H groups in total. The standard InChI is InChI=1S/C56H34N4O2/c1-3-14-35(15-4-1)37-28-30-38(31-29-37)51-49-45-24-7-9-26-47(45)61-55(49)59-53(57-51)43-22-13-23-44(34-43)54-58-52(50-46-25-8-10-27-48(46)62-56(50)60-54)42-21-12-20-41(33-42)40-19-11-18-39(32-40)36-16-5-2-6-17-36/h1-34H. The lowest BCUT2D eigenvalue weighted by Gasteiger charge is -2.11. The summed E-state index contributed by atoms with van der Waals surface area (Å²) in [6, 6.07) is 70.7. The van der Waals surface area contributed by atoms with Crippen LogP contribution in [0.15, 0.2) is 215 Å². The number of rotatable bonds is 7. The minimum atomic E-state index is 0.522. The van der Waals surface area contributed by atoms with Crippen molar-refractivity contribution in [2.75, 3.05) is 0 Å². The highest BCUT2D eigenvalue weighted by atomic mass is 16.3. The van der Waals surface area contributed by atoms with Gasteiger partial charge in [-0.05, 0) is 63.7 Å². The average molecular weight is 795 g/mol. The first-order chi connectivity index (χ1) is 30.7. The number of hydrogen-bond donors (Lipinski definition) is 0. The highest BCUT2D eigenvalue weighted by molar-refractivity contribution is 6.12. The summed E-state index contributed by atoms with van der Waals surface area (Å²) < 4.78 is 12.9. The number of furan rings is 2. The Morgan fingerprint density at radius 3 is 1.16 bits per heavy atom. The molecule has 6 heteroatoms. The summed E-state index contributed by atoms with van der Waals surface area (Å²) in [5, 5.41) is 3.69. The van der Waals surface area contributed by atoms with Gasteiger partial charge in [-0.25, -0.2) is 9.97 Å². The monoisotopic (exact) mass is 794 g/mol. The third kappa shape index (κ3) is 6.21. The van der Waals surface area contributed by atoms with E-state index < -0.39 is 0 Å². The van der Waals surface area contributed by atoms with E-state index in [1.807, 2.05) is 72.8 Å². The van der Waals surface area contributed by atoms with Gasteiger partial charge >= 0.3 is 0 Å². The molecule has 0 fully saturated rings. The zero-order valence-corrected chi connectivity index (χ0v) is 33.2. The predicted molar refractivity (Wildman–Crippen MR) is 250 cm³/mol. The van der Waals surface area contributed by atoms with Crippen molar-refractivity contribution in [2.24, 2.45) is 0 Å². The van der Waals surface area contributed by atoms with Crippen LogP contribution in [0.1, 0.15) is 0 Å². The summed E-state index contributed by atoms with van der Waals surface area (Å²) in [5.41, 5.74) is 14.6. The number of para-hydroxylation sites is 2. The molecule has 0 amide bonds. The van der Waals surface area contributed by atoms with E-state index in [4.69, 9.17) is 28.8 Å². The molecule has 62 heavy (non-hydrogen) atoms. The number of benzene rings is 8. The summed E-state index contributed by atoms with van der Waals surface area (Å²) >= 11 is 0. The molecule has 4 aromatic heterocycles. The SMILES string of the molecule is c1ccc(-c2ccc(-c3nc(-c4cccc(-c5nc(-c6cccc(-c7cccc(-c8ccccc8)c7)c6)c6c(n5)oc5ccccc56)c4)nc4oc5ccccc5c34)cc2)cc1. The van der Waals surface area contributed by atoms with Crippen molar-refractivity contribution < 1.29 is 8.83 Å². The van der Waals surface area contributed by atoms with Crippen molar-refractivity contribution in [3.63, 3.8) is 0 Å². The minimum Gasteiger partial charge on any atom is -0.438 e. The molecule has 0 aliphatic carbocycles. The molecule has 0 unspecified atom stereocenters. The van der Waals surface area contributed by atoms with Gasteiger partial charge in [0, 0.05) is 33.0 Å². The summed E-state index contributed by atoms with van der Waals surface area (Å²) in [7, 11) is 0. The fourth-order valence-electron chi connectivity index (χ4n) is 8.53. The minimum absolute atomic E-state index is 0.522. The highest BCUT2D eigenvalue weighted by Gasteiger charge is 2.21. The molecule has 0 bridgehead atoms. The molecule has 4 heterocycles. The van der Waals surface area contributed by atoms with Gasteiger partial charge in [-0.3, -0.25) is 0 Å². The molecule has 8 aromatic carbocycles. The van der Waals surface area contributed by atoms with Crippen molar-refractivity contribution in [1.82, 2.24) is 19.9 Å². The number of nitrogens with zero attached hydrogens (tertiary/aromatic N) is 4. The maximum atomic E-state index is 6.46. The van der Waals surface area contributed by atoms with Gasteiger partial charge in [0.05, 0.1) is 22.2 Å². The van der Waals surface area contributed by atoms with Crippen molar-refractivity contribution >= 4 is 44.1 Å². The maximum Gasteiger partial charge on any atom is 0.231 e. The lowest BCUT2D eigenvalue weighted by Crippen LogP contribution is -1.96. The van der Waals surface area contributed by atoms with Gasteiger partial charge in [-0.15, -0.1) is 0 Å². The van der Waals surface area contributed by atoms with Gasteiger partial charge in [0.15, 0.2) is 11.6 Å². The first kappa shape index (κ1) is 35.5. The first-order valence-corrected chi connectivity index (χ1v) is 20.6. The van der Waals surface area contributed by atoms with Crippen LogP contribution in [0.2, 0.25) is 0 Å². The van der Waals surface area contributed by atoms with E-state index >= 15 is 0 Å². The van der Waals surface area contributed by atoms with E-state index in [2.05, 4.69) is 133 Å². The molecule has 0 aliphatic rings. The highest BCUT2D eigenvalue weighted by Crippen LogP contribution is 2.40. The molecule has 12 aromatic rings. The normalized spacial score (nSPS) is 11.5. The molecule has 0 aliphatic heterocycles. The van der Waals surface area contributed by atoms with Crippen molar-refractivity contribution in [2.45, 2.75) is 0 Å². The smallest absolute Gasteiger partial charge is 0.231 e. The fraction of sp³-hybridized carbons (Fsp3) is 0. The van der Waals surface area contributed by atoms with Gasteiger partial charge in [-0.1, -0.05) is 176 Å². The van der Waals surface area contributed by atoms with Crippen molar-refractivity contribution in [1.29, 1.82) is 0 Å². The van der Waals surface area contributed by atoms with Gasteiger partial charge in [0.1, 0.15) is 11.2 Å². The molecule has 6 nitrogen and oxygen atoms in total. The zero-order chi connectivity index (χ0) is 41.0. The van der Waals surface area contributed by atoms with Crippen LogP contribution < -0.4 is 0 Å². The Morgan fingerprint density at radius 2 is 0.613 bits per heavy atom. The third-order valence-electron chi connectivity index (χ3n) is 11.6. The second-order valence-electron chi connectivity index (χ2n) is 15.4. The van der Waals surface area contributed by atoms with Gasteiger partial charge in [0.2, 0.25) is 11.4 Å². The van der Waals surface area contributed by atoms with Gasteiger partial charge in [0.25, 0.3) is 0 Å². The Hall–Kier alpha value is -8.48. The van der Waals surface area contributed by atoms with Crippen molar-refractivity contribution in [3.8, 4) is 78.7 Å². The predicted octanol–water partition coefficient (Wildman–Crippen LogP) is 14.7. The number of aromatic nitrogens is 4. The number of hydrogen-bond acceptors (Lipinski definition) is 6. The summed E-state index contributed by atoms with van der Waals surface area (Å²) in [4.78, 5) is 20.7. The van der Waals surface area contributed by atoms with E-state index in [-0.39, 0.29) is 0 Å². The lowest BCUT2D eigenvalue weighted by atomic mass is 9.96. The van der Waals surface area contributed by atoms with Crippen LogP contribution in [0.3, 0.4) is 0 Å². The largest absolute Gasteiger partial charge is 0.438 e. The fourth-order valence-corrected chi connectivity index (χ4v) is 8.53. The summed E-state index contributed by atoms with van der Waals surface area (Å²) in [6.07, 6.45) is 0. The van der Waals surface area contributed by atoms with Gasteiger partial charge in [-0.2, -0.15) is 9.97 Å².